The van der Waals surface area contributed by atoms with E-state index in [0.29, 0.717) is 11.3 Å². The third-order valence-electron chi connectivity index (χ3n) is 3.34. The Bertz CT molecular complexity index is 308. The topological polar surface area (TPSA) is 17.8 Å². The van der Waals surface area contributed by atoms with Crippen molar-refractivity contribution in [3.63, 3.8) is 0 Å². The molecule has 0 amide bonds. The van der Waals surface area contributed by atoms with Gasteiger partial charge in [-0.1, -0.05) is 19.3 Å². The first-order valence-corrected chi connectivity index (χ1v) is 6.41. The minimum absolute atomic E-state index is 0.307. The molecule has 0 N–H and O–H groups in total. The van der Waals surface area contributed by atoms with Crippen LogP contribution in [0.25, 0.3) is 0 Å². The van der Waals surface area contributed by atoms with E-state index in [9.17, 15) is 0 Å². The quantitative estimate of drug-likeness (QED) is 0.557. The second-order valence-corrected chi connectivity index (χ2v) is 4.95. The molecule has 1 heterocycles. The molecule has 84 valence electrons. The molecule has 15 heavy (non-hydrogen) atoms. The van der Waals surface area contributed by atoms with Crippen molar-refractivity contribution in [2.75, 3.05) is 0 Å². The summed E-state index contributed by atoms with van der Waals surface area (Å²) < 4.78 is 1.99. The molecule has 0 spiro atoms. The average molecular weight is 227 g/mol. The first kappa shape index (κ1) is 11.0. The smallest absolute Gasteiger partial charge is 0.0525 e. The van der Waals surface area contributed by atoms with Crippen LogP contribution in [0.15, 0.2) is 12.4 Å². The van der Waals surface area contributed by atoms with Crippen molar-refractivity contribution >= 4 is 11.6 Å². The molecule has 1 aromatic heterocycles. The van der Waals surface area contributed by atoms with E-state index in [0.717, 1.165) is 13.0 Å². The Kier molecular flexibility index (Phi) is 3.68. The highest BCUT2D eigenvalue weighted by Crippen LogP contribution is 2.34. The van der Waals surface area contributed by atoms with Gasteiger partial charge in [0, 0.05) is 24.0 Å². The van der Waals surface area contributed by atoms with Crippen LogP contribution in [0, 0.1) is 0 Å². The summed E-state index contributed by atoms with van der Waals surface area (Å²) >= 11 is 6.44. The summed E-state index contributed by atoms with van der Waals surface area (Å²) in [7, 11) is 0. The average Bonchev–Trinajstić information content (AvgIpc) is 2.62. The Morgan fingerprint density at radius 1 is 1.40 bits per heavy atom. The molecule has 1 aromatic rings. The first-order chi connectivity index (χ1) is 7.31. The van der Waals surface area contributed by atoms with Crippen molar-refractivity contribution < 1.29 is 0 Å². The van der Waals surface area contributed by atoms with Gasteiger partial charge in [0.05, 0.1) is 6.20 Å². The van der Waals surface area contributed by atoms with Crippen LogP contribution >= 0.6 is 11.6 Å². The molecule has 0 bridgehead atoms. The predicted molar refractivity (Wildman–Crippen MR) is 63.4 cm³/mol. The Morgan fingerprint density at radius 2 is 2.20 bits per heavy atom. The maximum absolute atomic E-state index is 6.44. The van der Waals surface area contributed by atoms with E-state index in [1.165, 1.54) is 31.2 Å². The lowest BCUT2D eigenvalue weighted by atomic mass is 9.94. The highest BCUT2D eigenvalue weighted by atomic mass is 35.5. The van der Waals surface area contributed by atoms with E-state index in [4.69, 9.17) is 11.6 Å². The Morgan fingerprint density at radius 3 is 2.93 bits per heavy atom. The number of hydrogen-bond acceptors (Lipinski definition) is 1. The Labute approximate surface area is 96.6 Å². The fraction of sp³-hybridized carbons (Fsp3) is 0.750. The number of halogens is 1. The van der Waals surface area contributed by atoms with Gasteiger partial charge in [0.15, 0.2) is 0 Å². The molecule has 2 unspecified atom stereocenters. The van der Waals surface area contributed by atoms with Crippen molar-refractivity contribution in [1.29, 1.82) is 0 Å². The van der Waals surface area contributed by atoms with Gasteiger partial charge >= 0.3 is 0 Å². The fourth-order valence-corrected chi connectivity index (χ4v) is 2.81. The van der Waals surface area contributed by atoms with Crippen LogP contribution < -0.4 is 0 Å². The second-order valence-electron chi connectivity index (χ2n) is 4.39. The molecule has 1 aliphatic carbocycles. The monoisotopic (exact) mass is 226 g/mol. The number of aromatic nitrogens is 2. The zero-order valence-electron chi connectivity index (χ0n) is 9.32. The summed E-state index contributed by atoms with van der Waals surface area (Å²) in [6.45, 7) is 3.06. The Balaban J connectivity index is 2.12. The maximum Gasteiger partial charge on any atom is 0.0525 e. The van der Waals surface area contributed by atoms with Crippen LogP contribution in [0.1, 0.15) is 50.5 Å². The van der Waals surface area contributed by atoms with Crippen LogP contribution in [0.4, 0.5) is 0 Å². The van der Waals surface area contributed by atoms with Crippen molar-refractivity contribution in [2.24, 2.45) is 0 Å². The van der Waals surface area contributed by atoms with Crippen LogP contribution in [0.3, 0.4) is 0 Å². The molecule has 1 saturated carbocycles. The molecule has 3 heteroatoms. The van der Waals surface area contributed by atoms with Gasteiger partial charge in [0.1, 0.15) is 0 Å². The molecule has 0 aliphatic heterocycles. The minimum atomic E-state index is 0.307. The number of alkyl halides is 1. The number of hydrogen-bond donors (Lipinski definition) is 0. The molecule has 2 atom stereocenters. The summed E-state index contributed by atoms with van der Waals surface area (Å²) in [6, 6.07) is 0. The van der Waals surface area contributed by atoms with Crippen molar-refractivity contribution in [3.8, 4) is 0 Å². The Hall–Kier alpha value is -0.500. The van der Waals surface area contributed by atoms with Crippen LogP contribution in [0.5, 0.6) is 0 Å². The lowest BCUT2D eigenvalue weighted by molar-refractivity contribution is 0.597. The zero-order valence-corrected chi connectivity index (χ0v) is 10.1. The summed E-state index contributed by atoms with van der Waals surface area (Å²) in [5, 5.41) is 4.64. The number of nitrogens with zero attached hydrogens (tertiary/aromatic N) is 2. The van der Waals surface area contributed by atoms with Crippen molar-refractivity contribution in [2.45, 2.75) is 56.9 Å². The summed E-state index contributed by atoms with van der Waals surface area (Å²) in [5.41, 5.74) is 1.33. The third kappa shape index (κ3) is 2.54. The van der Waals surface area contributed by atoms with Gasteiger partial charge in [0.2, 0.25) is 0 Å². The SMILES string of the molecule is CCn1cc(C2CCCCCC2Cl)cn1. The minimum Gasteiger partial charge on any atom is -0.273 e. The molecule has 0 saturated heterocycles. The predicted octanol–water partition coefficient (Wildman–Crippen LogP) is 3.56. The van der Waals surface area contributed by atoms with Gasteiger partial charge < -0.3 is 0 Å². The fourth-order valence-electron chi connectivity index (χ4n) is 2.38. The van der Waals surface area contributed by atoms with Gasteiger partial charge in [-0.3, -0.25) is 4.68 Å². The van der Waals surface area contributed by atoms with E-state index >= 15 is 0 Å². The molecule has 0 radical (unpaired) electrons. The van der Waals surface area contributed by atoms with E-state index < -0.39 is 0 Å². The number of aryl methyl sites for hydroxylation is 1. The van der Waals surface area contributed by atoms with Gasteiger partial charge in [-0.25, -0.2) is 0 Å². The normalized spacial score (nSPS) is 27.6. The van der Waals surface area contributed by atoms with E-state index in [1.807, 2.05) is 10.9 Å². The highest BCUT2D eigenvalue weighted by Gasteiger charge is 2.24. The van der Waals surface area contributed by atoms with Gasteiger partial charge in [-0.2, -0.15) is 5.10 Å². The van der Waals surface area contributed by atoms with E-state index in [1.54, 1.807) is 0 Å². The lowest BCUT2D eigenvalue weighted by Gasteiger charge is -2.17. The summed E-state index contributed by atoms with van der Waals surface area (Å²) in [4.78, 5) is 0. The summed E-state index contributed by atoms with van der Waals surface area (Å²) in [5.74, 6) is 0.523. The van der Waals surface area contributed by atoms with E-state index in [-0.39, 0.29) is 0 Å². The molecule has 2 nitrogen and oxygen atoms in total. The van der Waals surface area contributed by atoms with Crippen LogP contribution in [0.2, 0.25) is 0 Å². The highest BCUT2D eigenvalue weighted by molar-refractivity contribution is 6.21. The largest absolute Gasteiger partial charge is 0.273 e. The second kappa shape index (κ2) is 5.02. The van der Waals surface area contributed by atoms with E-state index in [2.05, 4.69) is 18.2 Å². The molecule has 0 aromatic carbocycles. The van der Waals surface area contributed by atoms with Gasteiger partial charge in [-0.15, -0.1) is 11.6 Å². The van der Waals surface area contributed by atoms with Crippen LogP contribution in [-0.4, -0.2) is 15.2 Å². The van der Waals surface area contributed by atoms with Crippen LogP contribution in [-0.2, 0) is 6.54 Å². The molecule has 1 aliphatic rings. The first-order valence-electron chi connectivity index (χ1n) is 5.97. The zero-order chi connectivity index (χ0) is 10.7. The summed E-state index contributed by atoms with van der Waals surface area (Å²) in [6.07, 6.45) is 10.5. The van der Waals surface area contributed by atoms with Crippen molar-refractivity contribution in [1.82, 2.24) is 9.78 Å². The third-order valence-corrected chi connectivity index (χ3v) is 3.86. The van der Waals surface area contributed by atoms with Gasteiger partial charge in [-0.05, 0) is 25.3 Å². The molecule has 1 fully saturated rings. The lowest BCUT2D eigenvalue weighted by Crippen LogP contribution is -2.10. The molecular weight excluding hydrogens is 208 g/mol. The molecular formula is C12H19ClN2. The number of rotatable bonds is 2. The van der Waals surface area contributed by atoms with Gasteiger partial charge in [0.25, 0.3) is 0 Å². The maximum atomic E-state index is 6.44. The molecule has 2 rings (SSSR count). The van der Waals surface area contributed by atoms with Crippen molar-refractivity contribution in [3.05, 3.63) is 18.0 Å². The standard InChI is InChI=1S/C12H19ClN2/c1-2-15-9-10(8-14-15)11-6-4-3-5-7-12(11)13/h8-9,11-12H,2-7H2,1H3.